The summed E-state index contributed by atoms with van der Waals surface area (Å²) in [4.78, 5) is 0. The molecule has 0 saturated carbocycles. The summed E-state index contributed by atoms with van der Waals surface area (Å²) in [6.45, 7) is 0. The third-order valence-electron chi connectivity index (χ3n) is 2.19. The first kappa shape index (κ1) is 12.0. The molecule has 1 aromatic rings. The third-order valence-corrected chi connectivity index (χ3v) is 5.20. The fraction of sp³-hybridized carbons (Fsp3) is 0.182. The van der Waals surface area contributed by atoms with Crippen molar-refractivity contribution in [3.63, 3.8) is 0 Å². The van der Waals surface area contributed by atoms with Crippen LogP contribution in [0.4, 0.5) is 0 Å². The Bertz CT molecular complexity index is 462. The molecule has 1 unspecified atom stereocenters. The molecule has 1 atom stereocenters. The van der Waals surface area contributed by atoms with Crippen LogP contribution >= 0.6 is 43.6 Å². The molecule has 1 heterocycles. The Morgan fingerprint density at radius 2 is 2.06 bits per heavy atom. The molecule has 0 aromatic heterocycles. The molecule has 0 saturated heterocycles. The van der Waals surface area contributed by atoms with Crippen LogP contribution in [0.25, 0.3) is 5.70 Å². The van der Waals surface area contributed by atoms with Crippen molar-refractivity contribution in [3.05, 3.63) is 39.2 Å². The van der Waals surface area contributed by atoms with Crippen molar-refractivity contribution in [1.82, 2.24) is 5.32 Å². The van der Waals surface area contributed by atoms with Crippen LogP contribution in [0.15, 0.2) is 28.1 Å². The van der Waals surface area contributed by atoms with Gasteiger partial charge < -0.3 is 5.32 Å². The normalized spacial score (nSPS) is 19.4. The Hall–Kier alpha value is -0.440. The summed E-state index contributed by atoms with van der Waals surface area (Å²) in [5.41, 5.74) is 2.88. The number of thioether (sulfide) groups is 1. The molecule has 0 aliphatic carbocycles. The maximum Gasteiger partial charge on any atom is 0.0991 e. The summed E-state index contributed by atoms with van der Waals surface area (Å²) >= 11 is 8.76. The molecule has 0 fully saturated rings. The number of nitriles is 1. The first-order valence-electron chi connectivity index (χ1n) is 4.64. The van der Waals surface area contributed by atoms with Gasteiger partial charge in [0.05, 0.1) is 26.5 Å². The van der Waals surface area contributed by atoms with Crippen molar-refractivity contribution < 1.29 is 0 Å². The van der Waals surface area contributed by atoms with Gasteiger partial charge in [-0.2, -0.15) is 5.26 Å². The Kier molecular flexibility index (Phi) is 3.95. The van der Waals surface area contributed by atoms with Crippen LogP contribution in [0.3, 0.4) is 0 Å². The van der Waals surface area contributed by atoms with Crippen molar-refractivity contribution in [2.24, 2.45) is 0 Å². The molecule has 0 radical (unpaired) electrons. The smallest absolute Gasteiger partial charge is 0.0991 e. The van der Waals surface area contributed by atoms with Gasteiger partial charge in [0, 0.05) is 5.33 Å². The summed E-state index contributed by atoms with van der Waals surface area (Å²) in [6.07, 6.45) is 0. The van der Waals surface area contributed by atoms with Gasteiger partial charge in [0.1, 0.15) is 0 Å². The number of rotatable bonds is 2. The number of hydrogen-bond donors (Lipinski definition) is 1. The summed E-state index contributed by atoms with van der Waals surface area (Å²) in [5.74, 6) is 0. The number of nitrogens with one attached hydrogen (secondary N) is 1. The average Bonchev–Trinajstić information content (AvgIpc) is 2.71. The van der Waals surface area contributed by atoms with E-state index in [-0.39, 0.29) is 0 Å². The Morgan fingerprint density at radius 3 is 2.56 bits per heavy atom. The predicted octanol–water partition coefficient (Wildman–Crippen LogP) is 3.64. The number of hydrogen-bond acceptors (Lipinski definition) is 3. The highest BCUT2D eigenvalue weighted by molar-refractivity contribution is 9.14. The highest BCUT2D eigenvalue weighted by Crippen LogP contribution is 2.39. The van der Waals surface area contributed by atoms with Gasteiger partial charge in [-0.3, -0.25) is 0 Å². The van der Waals surface area contributed by atoms with E-state index in [4.69, 9.17) is 5.26 Å². The van der Waals surface area contributed by atoms with E-state index in [1.165, 1.54) is 0 Å². The standard InChI is InChI=1S/C11H8Br2N2S/c12-5-9-15-10(11(13)16-9)8-3-1-7(6-14)2-4-8/h1-4,9,15H,5H2. The van der Waals surface area contributed by atoms with Crippen LogP contribution < -0.4 is 5.32 Å². The number of alkyl halides is 1. The largest absolute Gasteiger partial charge is 0.370 e. The minimum absolute atomic E-state index is 0.361. The number of benzene rings is 1. The molecule has 2 rings (SSSR count). The topological polar surface area (TPSA) is 35.8 Å². The van der Waals surface area contributed by atoms with Crippen molar-refractivity contribution in [1.29, 1.82) is 5.26 Å². The monoisotopic (exact) mass is 358 g/mol. The molecule has 0 bridgehead atoms. The minimum Gasteiger partial charge on any atom is -0.370 e. The Balaban J connectivity index is 2.25. The van der Waals surface area contributed by atoms with Crippen LogP contribution in [-0.4, -0.2) is 10.7 Å². The quantitative estimate of drug-likeness (QED) is 0.819. The second kappa shape index (κ2) is 5.26. The van der Waals surface area contributed by atoms with Gasteiger partial charge in [-0.1, -0.05) is 39.8 Å². The van der Waals surface area contributed by atoms with Crippen LogP contribution in [0.5, 0.6) is 0 Å². The Labute approximate surface area is 115 Å². The molecule has 0 spiro atoms. The second-order valence-electron chi connectivity index (χ2n) is 3.24. The van der Waals surface area contributed by atoms with E-state index in [0.717, 1.165) is 20.4 Å². The number of halogens is 2. The molecule has 5 heteroatoms. The van der Waals surface area contributed by atoms with Crippen molar-refractivity contribution in [2.45, 2.75) is 5.37 Å². The molecule has 1 aliphatic heterocycles. The SMILES string of the molecule is N#Cc1ccc(C2=C(Br)SC(CBr)N2)cc1. The fourth-order valence-corrected chi connectivity index (χ4v) is 3.77. The van der Waals surface area contributed by atoms with Gasteiger partial charge in [-0.05, 0) is 33.6 Å². The summed E-state index contributed by atoms with van der Waals surface area (Å²) in [6, 6.07) is 9.69. The van der Waals surface area contributed by atoms with Crippen LogP contribution in [0.2, 0.25) is 0 Å². The van der Waals surface area contributed by atoms with Crippen LogP contribution in [0.1, 0.15) is 11.1 Å². The lowest BCUT2D eigenvalue weighted by atomic mass is 10.1. The highest BCUT2D eigenvalue weighted by Gasteiger charge is 2.22. The predicted molar refractivity (Wildman–Crippen MR) is 75.3 cm³/mol. The summed E-state index contributed by atoms with van der Waals surface area (Å²) in [5, 5.41) is 13.4. The zero-order valence-electron chi connectivity index (χ0n) is 8.21. The minimum atomic E-state index is 0.361. The maximum atomic E-state index is 8.73. The molecular formula is C11H8Br2N2S. The molecule has 82 valence electrons. The first-order chi connectivity index (χ1) is 7.74. The molecular weight excluding hydrogens is 352 g/mol. The van der Waals surface area contributed by atoms with Gasteiger partial charge in [-0.15, -0.1) is 0 Å². The Morgan fingerprint density at radius 1 is 1.38 bits per heavy atom. The summed E-state index contributed by atoms with van der Waals surface area (Å²) < 4.78 is 1.11. The maximum absolute atomic E-state index is 8.73. The highest BCUT2D eigenvalue weighted by atomic mass is 79.9. The van der Waals surface area contributed by atoms with Crippen molar-refractivity contribution in [2.75, 3.05) is 5.33 Å². The van der Waals surface area contributed by atoms with E-state index in [1.807, 2.05) is 24.3 Å². The number of nitrogens with zero attached hydrogens (tertiary/aromatic N) is 1. The zero-order chi connectivity index (χ0) is 11.5. The second-order valence-corrected chi connectivity index (χ2v) is 6.42. The molecule has 1 N–H and O–H groups in total. The van der Waals surface area contributed by atoms with E-state index < -0.39 is 0 Å². The van der Waals surface area contributed by atoms with E-state index in [2.05, 4.69) is 43.2 Å². The molecule has 2 nitrogen and oxygen atoms in total. The van der Waals surface area contributed by atoms with E-state index >= 15 is 0 Å². The zero-order valence-corrected chi connectivity index (χ0v) is 12.2. The molecule has 1 aromatic carbocycles. The van der Waals surface area contributed by atoms with E-state index in [0.29, 0.717) is 10.9 Å². The summed E-state index contributed by atoms with van der Waals surface area (Å²) in [7, 11) is 0. The lowest BCUT2D eigenvalue weighted by Gasteiger charge is -2.09. The van der Waals surface area contributed by atoms with Crippen LogP contribution in [-0.2, 0) is 0 Å². The molecule has 1 aliphatic rings. The van der Waals surface area contributed by atoms with Gasteiger partial charge in [-0.25, -0.2) is 0 Å². The molecule has 16 heavy (non-hydrogen) atoms. The first-order valence-corrected chi connectivity index (χ1v) is 7.43. The van der Waals surface area contributed by atoms with E-state index in [9.17, 15) is 0 Å². The lowest BCUT2D eigenvalue weighted by Crippen LogP contribution is -2.20. The van der Waals surface area contributed by atoms with Crippen LogP contribution in [0, 0.1) is 11.3 Å². The lowest BCUT2D eigenvalue weighted by molar-refractivity contribution is 0.908. The van der Waals surface area contributed by atoms with Crippen molar-refractivity contribution >= 4 is 49.3 Å². The van der Waals surface area contributed by atoms with Gasteiger partial charge in [0.25, 0.3) is 0 Å². The average molecular weight is 360 g/mol. The van der Waals surface area contributed by atoms with Crippen molar-refractivity contribution in [3.8, 4) is 6.07 Å². The third kappa shape index (κ3) is 2.45. The van der Waals surface area contributed by atoms with Gasteiger partial charge in [0.2, 0.25) is 0 Å². The fourth-order valence-electron chi connectivity index (χ4n) is 1.41. The van der Waals surface area contributed by atoms with Gasteiger partial charge >= 0.3 is 0 Å². The van der Waals surface area contributed by atoms with E-state index in [1.54, 1.807) is 11.8 Å². The molecule has 0 amide bonds. The van der Waals surface area contributed by atoms with Gasteiger partial charge in [0.15, 0.2) is 0 Å².